The zero-order valence-electron chi connectivity index (χ0n) is 29.2. The zero-order chi connectivity index (χ0) is 33.3. The molecular formula is C50H34. The van der Waals surface area contributed by atoms with Crippen molar-refractivity contribution >= 4 is 129 Å². The van der Waals surface area contributed by atoms with Crippen LogP contribution in [0.3, 0.4) is 0 Å². The molecule has 0 heterocycles. The lowest BCUT2D eigenvalue weighted by molar-refractivity contribution is 0.596. The Morgan fingerprint density at radius 2 is 0.460 bits per heavy atom. The average molecular weight is 635 g/mol. The van der Waals surface area contributed by atoms with Crippen LogP contribution in [0.1, 0.15) is 52.7 Å². The third-order valence-corrected chi connectivity index (χ3v) is 13.0. The van der Waals surface area contributed by atoms with Gasteiger partial charge >= 0.3 is 0 Å². The van der Waals surface area contributed by atoms with Gasteiger partial charge in [0.15, 0.2) is 0 Å². The predicted octanol–water partition coefficient (Wildman–Crippen LogP) is 14.7. The standard InChI is InChI=1S/C50H34/c1-49(2,3)33-21-19-29-27-14-8-12-24-23-11-7-13-25-26-15-9-17-31-37(26)45-43(35(23)25)44(36(24)27)47-41(29)40(33)32-18-10-16-28-30-20-22-34(50(4,5)6)39(31)42(30)48(45)46(47)38(28)32/h7-22H,1-6H3. The first-order chi connectivity index (χ1) is 24.1. The van der Waals surface area contributed by atoms with Crippen LogP contribution in [0.25, 0.3) is 129 Å². The molecule has 0 nitrogen and oxygen atoms in total. The average Bonchev–Trinajstić information content (AvgIpc) is 3.11. The van der Waals surface area contributed by atoms with Crippen molar-refractivity contribution < 1.29 is 0 Å². The van der Waals surface area contributed by atoms with Crippen LogP contribution in [0, 0.1) is 0 Å². The van der Waals surface area contributed by atoms with E-state index in [1.165, 1.54) is 140 Å². The SMILES string of the molecule is CC(C)(C)c1ccc2c3cccc4c5cccc6c7cccc8c9c(C(C)(C)C)ccc%10c%11cccc%12c1c2c1c(c43)c(c56)c(c78)c(c%109)c1c%11%12. The van der Waals surface area contributed by atoms with Crippen molar-refractivity contribution in [3.63, 3.8) is 0 Å². The first kappa shape index (κ1) is 26.4. The molecule has 234 valence electrons. The molecule has 13 rings (SSSR count). The summed E-state index contributed by atoms with van der Waals surface area (Å²) in [5, 5.41) is 34.3. The summed E-state index contributed by atoms with van der Waals surface area (Å²) in [6.07, 6.45) is 0. The highest BCUT2D eigenvalue weighted by atomic mass is 14.4. The topological polar surface area (TPSA) is 0 Å². The Labute approximate surface area is 288 Å². The van der Waals surface area contributed by atoms with Crippen LogP contribution in [-0.4, -0.2) is 0 Å². The van der Waals surface area contributed by atoms with Gasteiger partial charge in [0, 0.05) is 0 Å². The summed E-state index contributed by atoms with van der Waals surface area (Å²) in [5.41, 5.74) is 2.85. The van der Waals surface area contributed by atoms with Crippen LogP contribution in [0.2, 0.25) is 0 Å². The summed E-state index contributed by atoms with van der Waals surface area (Å²) >= 11 is 0. The van der Waals surface area contributed by atoms with Gasteiger partial charge in [-0.25, -0.2) is 0 Å². The maximum Gasteiger partial charge on any atom is -0.0000370 e. The van der Waals surface area contributed by atoms with Crippen LogP contribution < -0.4 is 0 Å². The second kappa shape index (κ2) is 7.79. The normalized spacial score (nSPS) is 14.2. The fraction of sp³-hybridized carbons (Fsp3) is 0.160. The van der Waals surface area contributed by atoms with Gasteiger partial charge in [0.1, 0.15) is 0 Å². The number of rotatable bonds is 0. The highest BCUT2D eigenvalue weighted by molar-refractivity contribution is 6.61. The molecule has 0 aliphatic carbocycles. The molecule has 0 saturated carbocycles. The quantitative estimate of drug-likeness (QED) is 0.115. The van der Waals surface area contributed by atoms with Gasteiger partial charge in [-0.15, -0.1) is 0 Å². The third-order valence-electron chi connectivity index (χ3n) is 13.0. The predicted molar refractivity (Wildman–Crippen MR) is 221 cm³/mol. The fourth-order valence-electron chi connectivity index (χ4n) is 11.3. The largest absolute Gasteiger partial charge is 0.0610 e. The number of hydrogen-bond donors (Lipinski definition) is 0. The Kier molecular flexibility index (Phi) is 4.12. The molecule has 0 aliphatic heterocycles. The van der Waals surface area contributed by atoms with E-state index in [0.717, 1.165) is 0 Å². The van der Waals surface area contributed by atoms with E-state index in [4.69, 9.17) is 0 Å². The molecule has 13 aromatic carbocycles. The molecule has 0 bridgehead atoms. The van der Waals surface area contributed by atoms with E-state index < -0.39 is 0 Å². The summed E-state index contributed by atoms with van der Waals surface area (Å²) in [6.45, 7) is 14.3. The molecule has 0 N–H and O–H groups in total. The van der Waals surface area contributed by atoms with E-state index in [2.05, 4.69) is 139 Å². The maximum absolute atomic E-state index is 2.47. The number of fused-ring (bicyclic) bond motifs is 6. The molecule has 0 unspecified atom stereocenters. The minimum absolute atomic E-state index is 0.0125. The van der Waals surface area contributed by atoms with E-state index in [-0.39, 0.29) is 10.8 Å². The summed E-state index contributed by atoms with van der Waals surface area (Å²) in [7, 11) is 0. The Bertz CT molecular complexity index is 3520. The fourth-order valence-corrected chi connectivity index (χ4v) is 11.3. The molecule has 0 aliphatic rings. The van der Waals surface area contributed by atoms with Gasteiger partial charge in [0.05, 0.1) is 0 Å². The van der Waals surface area contributed by atoms with E-state index in [1.54, 1.807) is 0 Å². The molecule has 0 amide bonds. The molecule has 0 spiro atoms. The van der Waals surface area contributed by atoms with Gasteiger partial charge in [-0.3, -0.25) is 0 Å². The van der Waals surface area contributed by atoms with Crippen molar-refractivity contribution in [2.75, 3.05) is 0 Å². The second-order valence-electron chi connectivity index (χ2n) is 17.5. The molecule has 0 radical (unpaired) electrons. The summed E-state index contributed by atoms with van der Waals surface area (Å²) in [6, 6.07) is 38.3. The van der Waals surface area contributed by atoms with Crippen molar-refractivity contribution in [2.45, 2.75) is 52.4 Å². The van der Waals surface area contributed by atoms with Crippen LogP contribution >= 0.6 is 0 Å². The van der Waals surface area contributed by atoms with Gasteiger partial charge in [-0.2, -0.15) is 0 Å². The van der Waals surface area contributed by atoms with Gasteiger partial charge < -0.3 is 0 Å². The molecule has 0 atom stereocenters. The zero-order valence-corrected chi connectivity index (χ0v) is 29.2. The van der Waals surface area contributed by atoms with E-state index in [1.807, 2.05) is 0 Å². The molecular weight excluding hydrogens is 601 g/mol. The first-order valence-corrected chi connectivity index (χ1v) is 18.3. The Balaban J connectivity index is 1.57. The van der Waals surface area contributed by atoms with Gasteiger partial charge in [0.25, 0.3) is 0 Å². The minimum Gasteiger partial charge on any atom is -0.0610 e. The highest BCUT2D eigenvalue weighted by Gasteiger charge is 2.33. The van der Waals surface area contributed by atoms with Crippen molar-refractivity contribution in [3.8, 4) is 0 Å². The van der Waals surface area contributed by atoms with Gasteiger partial charge in [-0.05, 0) is 151 Å². The van der Waals surface area contributed by atoms with Crippen molar-refractivity contribution in [2.24, 2.45) is 0 Å². The van der Waals surface area contributed by atoms with Gasteiger partial charge in [-0.1, -0.05) is 139 Å². The third kappa shape index (κ3) is 2.58. The highest BCUT2D eigenvalue weighted by Crippen LogP contribution is 2.61. The summed E-state index contributed by atoms with van der Waals surface area (Å²) in [5.74, 6) is 0. The minimum atomic E-state index is -0.0125. The smallest absolute Gasteiger partial charge is 0.0000370 e. The van der Waals surface area contributed by atoms with Crippen LogP contribution in [0.15, 0.2) is 97.1 Å². The summed E-state index contributed by atoms with van der Waals surface area (Å²) < 4.78 is 0. The Morgan fingerprint density at radius 3 is 0.760 bits per heavy atom. The second-order valence-corrected chi connectivity index (χ2v) is 17.5. The van der Waals surface area contributed by atoms with E-state index >= 15 is 0 Å². The lowest BCUT2D eigenvalue weighted by Crippen LogP contribution is -2.13. The van der Waals surface area contributed by atoms with E-state index in [0.29, 0.717) is 0 Å². The molecule has 0 aromatic heterocycles. The van der Waals surface area contributed by atoms with Crippen molar-refractivity contribution in [3.05, 3.63) is 108 Å². The lowest BCUT2D eigenvalue weighted by atomic mass is 9.71. The Hall–Kier alpha value is -5.46. The molecule has 0 saturated heterocycles. The van der Waals surface area contributed by atoms with Crippen LogP contribution in [-0.2, 0) is 10.8 Å². The molecule has 13 aromatic rings. The monoisotopic (exact) mass is 634 g/mol. The molecule has 0 fully saturated rings. The first-order valence-electron chi connectivity index (χ1n) is 18.3. The van der Waals surface area contributed by atoms with Crippen molar-refractivity contribution in [1.29, 1.82) is 0 Å². The Morgan fingerprint density at radius 1 is 0.220 bits per heavy atom. The van der Waals surface area contributed by atoms with Crippen LogP contribution in [0.4, 0.5) is 0 Å². The number of hydrogen-bond acceptors (Lipinski definition) is 0. The lowest BCUT2D eigenvalue weighted by Gasteiger charge is -2.32. The molecule has 50 heavy (non-hydrogen) atoms. The van der Waals surface area contributed by atoms with E-state index in [9.17, 15) is 0 Å². The maximum atomic E-state index is 2.47. The number of benzene rings is 13. The van der Waals surface area contributed by atoms with Crippen LogP contribution in [0.5, 0.6) is 0 Å². The summed E-state index contributed by atoms with van der Waals surface area (Å²) in [4.78, 5) is 0. The molecule has 0 heteroatoms. The van der Waals surface area contributed by atoms with Gasteiger partial charge in [0.2, 0.25) is 0 Å². The van der Waals surface area contributed by atoms with Crippen molar-refractivity contribution in [1.82, 2.24) is 0 Å².